The quantitative estimate of drug-likeness (QED) is 0.196. The standard InChI is InChI=1S/C40H39N/c1-40(2,3)34-23-27-36(28-24-34)41(39-20-12-18-31-17-10-11-19-37(31)39)35-25-21-30(22-26-35)29-38(32-13-6-4-7-14-32)33-15-8-5-9-16-33/h4-9,12-16,18,20-29H,10-11,17,19H2,1-3H3. The van der Waals surface area contributed by atoms with E-state index in [4.69, 9.17) is 0 Å². The largest absolute Gasteiger partial charge is 0.310 e. The number of hydrogen-bond donors (Lipinski definition) is 0. The molecule has 0 N–H and O–H groups in total. The van der Waals surface area contributed by atoms with Crippen molar-refractivity contribution in [2.45, 2.75) is 51.9 Å². The van der Waals surface area contributed by atoms with E-state index in [1.165, 1.54) is 75.3 Å². The first kappa shape index (κ1) is 26.8. The molecular weight excluding hydrogens is 494 g/mol. The lowest BCUT2D eigenvalue weighted by molar-refractivity contribution is 0.590. The summed E-state index contributed by atoms with van der Waals surface area (Å²) in [5.74, 6) is 0. The van der Waals surface area contributed by atoms with Crippen molar-refractivity contribution in [1.82, 2.24) is 0 Å². The van der Waals surface area contributed by atoms with Crippen LogP contribution in [0.1, 0.15) is 67.0 Å². The summed E-state index contributed by atoms with van der Waals surface area (Å²) in [7, 11) is 0. The van der Waals surface area contributed by atoms with E-state index in [-0.39, 0.29) is 5.41 Å². The maximum absolute atomic E-state index is 2.46. The molecule has 0 saturated carbocycles. The third-order valence-corrected chi connectivity index (χ3v) is 8.24. The van der Waals surface area contributed by atoms with Gasteiger partial charge in [-0.2, -0.15) is 0 Å². The molecule has 0 fully saturated rings. The summed E-state index contributed by atoms with van der Waals surface area (Å²) < 4.78 is 0. The number of fused-ring (bicyclic) bond motifs is 1. The van der Waals surface area contributed by atoms with Gasteiger partial charge in [-0.15, -0.1) is 0 Å². The van der Waals surface area contributed by atoms with Gasteiger partial charge in [0.2, 0.25) is 0 Å². The van der Waals surface area contributed by atoms with Crippen LogP contribution in [0, 0.1) is 0 Å². The molecule has 1 heteroatoms. The zero-order chi connectivity index (χ0) is 28.2. The van der Waals surface area contributed by atoms with Crippen LogP contribution in [-0.2, 0) is 18.3 Å². The molecular formula is C40H39N. The van der Waals surface area contributed by atoms with Crippen LogP contribution in [0.2, 0.25) is 0 Å². The lowest BCUT2D eigenvalue weighted by atomic mass is 9.87. The second kappa shape index (κ2) is 11.6. The third-order valence-electron chi connectivity index (χ3n) is 8.24. The topological polar surface area (TPSA) is 3.24 Å². The Kier molecular flexibility index (Phi) is 7.61. The average Bonchev–Trinajstić information content (AvgIpc) is 3.01. The van der Waals surface area contributed by atoms with Crippen LogP contribution in [0.15, 0.2) is 127 Å². The van der Waals surface area contributed by atoms with Crippen molar-refractivity contribution in [3.8, 4) is 0 Å². The number of anilines is 3. The minimum absolute atomic E-state index is 0.123. The first-order valence-electron chi connectivity index (χ1n) is 14.9. The van der Waals surface area contributed by atoms with Crippen LogP contribution in [0.25, 0.3) is 11.6 Å². The minimum Gasteiger partial charge on any atom is -0.310 e. The number of nitrogens with zero attached hydrogens (tertiary/aromatic N) is 1. The summed E-state index contributed by atoms with van der Waals surface area (Å²) in [4.78, 5) is 2.46. The first-order chi connectivity index (χ1) is 20.0. The maximum atomic E-state index is 2.46. The normalized spacial score (nSPS) is 12.9. The van der Waals surface area contributed by atoms with Crippen LogP contribution >= 0.6 is 0 Å². The summed E-state index contributed by atoms with van der Waals surface area (Å²) in [5.41, 5.74) is 13.0. The van der Waals surface area contributed by atoms with E-state index in [0.717, 1.165) is 6.42 Å². The van der Waals surface area contributed by atoms with E-state index < -0.39 is 0 Å². The van der Waals surface area contributed by atoms with Crippen LogP contribution in [-0.4, -0.2) is 0 Å². The van der Waals surface area contributed by atoms with Gasteiger partial charge in [-0.3, -0.25) is 0 Å². The van der Waals surface area contributed by atoms with Crippen LogP contribution in [0.5, 0.6) is 0 Å². The number of rotatable bonds is 6. The van der Waals surface area contributed by atoms with Crippen molar-refractivity contribution in [2.75, 3.05) is 4.90 Å². The Bertz CT molecular complexity index is 1580. The highest BCUT2D eigenvalue weighted by molar-refractivity contribution is 5.91. The maximum Gasteiger partial charge on any atom is 0.0496 e. The monoisotopic (exact) mass is 533 g/mol. The lowest BCUT2D eigenvalue weighted by Gasteiger charge is -2.31. The summed E-state index contributed by atoms with van der Waals surface area (Å²) in [6, 6.07) is 46.4. The SMILES string of the molecule is CC(C)(C)c1ccc(N(c2ccc(C=C(c3ccccc3)c3ccccc3)cc2)c2cccc3c2CCCC3)cc1. The number of aryl methyl sites for hydroxylation is 1. The fourth-order valence-electron chi connectivity index (χ4n) is 5.96. The van der Waals surface area contributed by atoms with E-state index in [1.54, 1.807) is 0 Å². The second-order valence-electron chi connectivity index (χ2n) is 12.1. The Labute approximate surface area is 245 Å². The Balaban J connectivity index is 1.43. The highest BCUT2D eigenvalue weighted by Gasteiger charge is 2.21. The van der Waals surface area contributed by atoms with E-state index >= 15 is 0 Å². The third kappa shape index (κ3) is 5.91. The van der Waals surface area contributed by atoms with Gasteiger partial charge in [0.25, 0.3) is 0 Å². The molecule has 5 aromatic rings. The summed E-state index contributed by atoms with van der Waals surface area (Å²) in [6.45, 7) is 6.83. The van der Waals surface area contributed by atoms with Gasteiger partial charge in [0.05, 0.1) is 0 Å². The molecule has 0 bridgehead atoms. The van der Waals surface area contributed by atoms with Crippen LogP contribution in [0.3, 0.4) is 0 Å². The molecule has 0 amide bonds. The van der Waals surface area contributed by atoms with E-state index in [2.05, 4.69) is 159 Å². The Morgan fingerprint density at radius 2 is 1.15 bits per heavy atom. The molecule has 0 radical (unpaired) electrons. The van der Waals surface area contributed by atoms with Crippen LogP contribution in [0.4, 0.5) is 17.1 Å². The van der Waals surface area contributed by atoms with Crippen molar-refractivity contribution in [3.05, 3.63) is 161 Å². The fourth-order valence-corrected chi connectivity index (χ4v) is 5.96. The highest BCUT2D eigenvalue weighted by atomic mass is 15.1. The minimum atomic E-state index is 0.123. The molecule has 1 aliphatic carbocycles. The molecule has 5 aromatic carbocycles. The predicted octanol–water partition coefficient (Wildman–Crippen LogP) is 10.9. The van der Waals surface area contributed by atoms with E-state index in [1.807, 2.05) is 0 Å². The van der Waals surface area contributed by atoms with Gasteiger partial charge >= 0.3 is 0 Å². The summed E-state index contributed by atoms with van der Waals surface area (Å²) in [5, 5.41) is 0. The molecule has 0 heterocycles. The van der Waals surface area contributed by atoms with Crippen molar-refractivity contribution < 1.29 is 0 Å². The molecule has 0 saturated heterocycles. The lowest BCUT2D eigenvalue weighted by Crippen LogP contribution is -2.16. The van der Waals surface area contributed by atoms with Crippen molar-refractivity contribution in [1.29, 1.82) is 0 Å². The molecule has 0 aromatic heterocycles. The molecule has 0 spiro atoms. The Morgan fingerprint density at radius 3 is 1.73 bits per heavy atom. The first-order valence-corrected chi connectivity index (χ1v) is 14.9. The molecule has 0 atom stereocenters. The number of benzene rings is 5. The highest BCUT2D eigenvalue weighted by Crippen LogP contribution is 2.41. The van der Waals surface area contributed by atoms with Gasteiger partial charge in [-0.05, 0) is 106 Å². The van der Waals surface area contributed by atoms with Crippen molar-refractivity contribution in [2.24, 2.45) is 0 Å². The molecule has 0 unspecified atom stereocenters. The molecule has 1 nitrogen and oxygen atoms in total. The molecule has 41 heavy (non-hydrogen) atoms. The molecule has 204 valence electrons. The van der Waals surface area contributed by atoms with Gasteiger partial charge in [-0.25, -0.2) is 0 Å². The molecule has 0 aliphatic heterocycles. The van der Waals surface area contributed by atoms with Crippen molar-refractivity contribution >= 4 is 28.7 Å². The number of hydrogen-bond acceptors (Lipinski definition) is 1. The average molecular weight is 534 g/mol. The van der Waals surface area contributed by atoms with Gasteiger partial charge in [0.1, 0.15) is 0 Å². The van der Waals surface area contributed by atoms with E-state index in [0.29, 0.717) is 0 Å². The molecule has 1 aliphatic rings. The Morgan fingerprint density at radius 1 is 0.585 bits per heavy atom. The second-order valence-corrected chi connectivity index (χ2v) is 12.1. The zero-order valence-corrected chi connectivity index (χ0v) is 24.5. The van der Waals surface area contributed by atoms with Gasteiger partial charge in [0.15, 0.2) is 0 Å². The smallest absolute Gasteiger partial charge is 0.0496 e. The zero-order valence-electron chi connectivity index (χ0n) is 24.5. The van der Waals surface area contributed by atoms with E-state index in [9.17, 15) is 0 Å². The molecule has 6 rings (SSSR count). The fraction of sp³-hybridized carbons (Fsp3) is 0.200. The van der Waals surface area contributed by atoms with Gasteiger partial charge in [-0.1, -0.05) is 118 Å². The van der Waals surface area contributed by atoms with Crippen LogP contribution < -0.4 is 4.90 Å². The van der Waals surface area contributed by atoms with Gasteiger partial charge < -0.3 is 4.90 Å². The van der Waals surface area contributed by atoms with Crippen molar-refractivity contribution in [3.63, 3.8) is 0 Å². The Hall–Kier alpha value is -4.36. The predicted molar refractivity (Wildman–Crippen MR) is 176 cm³/mol. The van der Waals surface area contributed by atoms with Gasteiger partial charge in [0, 0.05) is 17.1 Å². The summed E-state index contributed by atoms with van der Waals surface area (Å²) >= 11 is 0. The summed E-state index contributed by atoms with van der Waals surface area (Å²) in [6.07, 6.45) is 7.16.